The lowest BCUT2D eigenvalue weighted by Crippen LogP contribution is -2.13. The van der Waals surface area contributed by atoms with E-state index in [1.54, 1.807) is 14.2 Å². The summed E-state index contributed by atoms with van der Waals surface area (Å²) in [6, 6.07) is 30.6. The molecule has 1 aliphatic carbocycles. The van der Waals surface area contributed by atoms with Crippen molar-refractivity contribution in [2.24, 2.45) is 0 Å². The summed E-state index contributed by atoms with van der Waals surface area (Å²) in [5, 5.41) is 7.35. The number of aromatic nitrogens is 1. The third-order valence-electron chi connectivity index (χ3n) is 9.15. The van der Waals surface area contributed by atoms with E-state index in [2.05, 4.69) is 79.5 Å². The van der Waals surface area contributed by atoms with Crippen molar-refractivity contribution in [3.63, 3.8) is 0 Å². The molecule has 0 bridgehead atoms. The Labute approximate surface area is 255 Å². The van der Waals surface area contributed by atoms with Crippen LogP contribution in [0.1, 0.15) is 60.4 Å². The molecule has 5 aromatic carbocycles. The van der Waals surface area contributed by atoms with Gasteiger partial charge in [0.15, 0.2) is 0 Å². The summed E-state index contributed by atoms with van der Waals surface area (Å²) in [6.45, 7) is 4.53. The summed E-state index contributed by atoms with van der Waals surface area (Å²) in [7, 11) is 3.49. The number of benzene rings is 5. The molecule has 6 aromatic rings. The topological polar surface area (TPSA) is 31.4 Å². The summed E-state index contributed by atoms with van der Waals surface area (Å²) >= 11 is 0. The zero-order chi connectivity index (χ0) is 29.8. The average molecular weight is 568 g/mol. The molecule has 0 saturated heterocycles. The normalized spacial score (nSPS) is 14.3. The van der Waals surface area contributed by atoms with E-state index in [1.807, 2.05) is 36.7 Å². The highest BCUT2D eigenvalue weighted by Gasteiger charge is 2.24. The molecule has 1 aromatic heterocycles. The van der Waals surface area contributed by atoms with Crippen LogP contribution in [0.4, 0.5) is 0 Å². The van der Waals surface area contributed by atoms with Gasteiger partial charge in [-0.3, -0.25) is 4.98 Å². The molecule has 0 aliphatic heterocycles. The molecule has 0 amide bonds. The summed E-state index contributed by atoms with van der Waals surface area (Å²) in [5.41, 5.74) is 7.51. The van der Waals surface area contributed by atoms with Crippen molar-refractivity contribution in [2.45, 2.75) is 58.3 Å². The predicted octanol–water partition coefficient (Wildman–Crippen LogP) is 10.0. The summed E-state index contributed by atoms with van der Waals surface area (Å²) in [6.07, 6.45) is 10.7. The second-order valence-corrected chi connectivity index (χ2v) is 11.5. The lowest BCUT2D eigenvalue weighted by Gasteiger charge is -2.28. The standard InChI is InChI=1S/C31H34O2.C9H7N/c1-5-21-14-13-20(17-22(21)6-2)18-23-9-7-10-25-24(23)15-16-26-27-11-8-12-29(32-3)31(27)30(33-4)19-28(25)26;1-2-4-9-7-10-6-5-8(9)3-1/h8,11-17,19,23H,5-7,9-10,18H2,1-4H3;1-7H. The third-order valence-corrected chi connectivity index (χ3v) is 9.15. The van der Waals surface area contributed by atoms with Gasteiger partial charge >= 0.3 is 0 Å². The minimum atomic E-state index is 0.572. The molecule has 7 rings (SSSR count). The van der Waals surface area contributed by atoms with Crippen molar-refractivity contribution in [3.05, 3.63) is 125 Å². The average Bonchev–Trinajstić information content (AvgIpc) is 3.07. The first-order valence-corrected chi connectivity index (χ1v) is 15.6. The van der Waals surface area contributed by atoms with Gasteiger partial charge in [-0.25, -0.2) is 0 Å². The van der Waals surface area contributed by atoms with Crippen LogP contribution < -0.4 is 9.47 Å². The fraction of sp³-hybridized carbons (Fsp3) is 0.275. The lowest BCUT2D eigenvalue weighted by molar-refractivity contribution is 0.405. The number of pyridine rings is 1. The lowest BCUT2D eigenvalue weighted by atomic mass is 9.77. The van der Waals surface area contributed by atoms with Crippen molar-refractivity contribution in [1.82, 2.24) is 4.98 Å². The van der Waals surface area contributed by atoms with Crippen LogP contribution in [0.2, 0.25) is 0 Å². The van der Waals surface area contributed by atoms with Crippen LogP contribution in [0.5, 0.6) is 11.5 Å². The highest BCUT2D eigenvalue weighted by Crippen LogP contribution is 2.44. The highest BCUT2D eigenvalue weighted by molar-refractivity contribution is 6.13. The van der Waals surface area contributed by atoms with E-state index in [4.69, 9.17) is 9.47 Å². The van der Waals surface area contributed by atoms with Crippen molar-refractivity contribution >= 4 is 32.3 Å². The number of aryl methyl sites for hydroxylation is 3. The molecule has 0 spiro atoms. The Kier molecular flexibility index (Phi) is 8.60. The maximum Gasteiger partial charge on any atom is 0.131 e. The summed E-state index contributed by atoms with van der Waals surface area (Å²) < 4.78 is 11.5. The molecular weight excluding hydrogens is 526 g/mol. The van der Waals surface area contributed by atoms with Gasteiger partial charge in [-0.05, 0) is 117 Å². The second kappa shape index (κ2) is 12.9. The van der Waals surface area contributed by atoms with Crippen LogP contribution in [0.15, 0.2) is 97.3 Å². The molecule has 1 atom stereocenters. The zero-order valence-corrected chi connectivity index (χ0v) is 25.8. The number of ether oxygens (including phenoxy) is 2. The molecule has 1 heterocycles. The first-order valence-electron chi connectivity index (χ1n) is 15.6. The summed E-state index contributed by atoms with van der Waals surface area (Å²) in [5.74, 6) is 2.33. The van der Waals surface area contributed by atoms with E-state index in [9.17, 15) is 0 Å². The molecular formula is C40H41NO2. The minimum absolute atomic E-state index is 0.572. The maximum absolute atomic E-state index is 5.86. The number of nitrogens with zero attached hydrogens (tertiary/aromatic N) is 1. The fourth-order valence-electron chi connectivity index (χ4n) is 6.97. The maximum atomic E-state index is 5.86. The van der Waals surface area contributed by atoms with Gasteiger partial charge in [0.25, 0.3) is 0 Å². The Morgan fingerprint density at radius 1 is 0.721 bits per heavy atom. The Balaban J connectivity index is 0.000000277. The highest BCUT2D eigenvalue weighted by atomic mass is 16.5. The molecule has 1 aliphatic rings. The van der Waals surface area contributed by atoms with Crippen molar-refractivity contribution < 1.29 is 9.47 Å². The van der Waals surface area contributed by atoms with Crippen molar-refractivity contribution in [2.75, 3.05) is 14.2 Å². The van der Waals surface area contributed by atoms with E-state index in [0.29, 0.717) is 5.92 Å². The Morgan fingerprint density at radius 2 is 1.53 bits per heavy atom. The molecule has 43 heavy (non-hydrogen) atoms. The Bertz CT molecular complexity index is 1820. The van der Waals surface area contributed by atoms with Gasteiger partial charge in [0.05, 0.1) is 19.6 Å². The van der Waals surface area contributed by atoms with Gasteiger partial charge in [-0.15, -0.1) is 0 Å². The Hall–Kier alpha value is -4.37. The molecule has 0 radical (unpaired) electrons. The number of fused-ring (bicyclic) bond motifs is 6. The Morgan fingerprint density at radius 3 is 2.30 bits per heavy atom. The van der Waals surface area contributed by atoms with Gasteiger partial charge in [-0.1, -0.05) is 80.6 Å². The van der Waals surface area contributed by atoms with E-state index in [-0.39, 0.29) is 0 Å². The SMILES string of the molecule is CCc1ccc(CC2CCCc3c2ccc2c3cc(OC)c3c(OC)cccc32)cc1CC.c1ccc2cnccc2c1. The van der Waals surface area contributed by atoms with Gasteiger partial charge < -0.3 is 9.47 Å². The van der Waals surface area contributed by atoms with E-state index < -0.39 is 0 Å². The van der Waals surface area contributed by atoms with E-state index >= 15 is 0 Å². The molecule has 3 heteroatoms. The van der Waals surface area contributed by atoms with Crippen molar-refractivity contribution in [1.29, 1.82) is 0 Å². The van der Waals surface area contributed by atoms with Crippen LogP contribution in [0, 0.1) is 0 Å². The number of hydrogen-bond acceptors (Lipinski definition) is 3. The van der Waals surface area contributed by atoms with Gasteiger partial charge in [0.1, 0.15) is 11.5 Å². The van der Waals surface area contributed by atoms with Crippen LogP contribution in [0.25, 0.3) is 32.3 Å². The van der Waals surface area contributed by atoms with Crippen LogP contribution in [-0.4, -0.2) is 19.2 Å². The van der Waals surface area contributed by atoms with Gasteiger partial charge in [0.2, 0.25) is 0 Å². The van der Waals surface area contributed by atoms with Gasteiger partial charge in [0, 0.05) is 12.4 Å². The van der Waals surface area contributed by atoms with E-state index in [0.717, 1.165) is 42.6 Å². The molecule has 3 nitrogen and oxygen atoms in total. The largest absolute Gasteiger partial charge is 0.496 e. The van der Waals surface area contributed by atoms with Gasteiger partial charge in [-0.2, -0.15) is 0 Å². The van der Waals surface area contributed by atoms with Crippen LogP contribution in [-0.2, 0) is 25.7 Å². The van der Waals surface area contributed by atoms with Crippen molar-refractivity contribution in [3.8, 4) is 11.5 Å². The zero-order valence-electron chi connectivity index (χ0n) is 25.8. The monoisotopic (exact) mass is 567 g/mol. The molecule has 0 fully saturated rings. The van der Waals surface area contributed by atoms with Crippen LogP contribution >= 0.6 is 0 Å². The van der Waals surface area contributed by atoms with E-state index in [1.165, 1.54) is 67.6 Å². The number of rotatable bonds is 6. The third kappa shape index (κ3) is 5.69. The smallest absolute Gasteiger partial charge is 0.131 e. The molecule has 0 saturated carbocycles. The molecule has 218 valence electrons. The first-order chi connectivity index (χ1) is 21.1. The second-order valence-electron chi connectivity index (χ2n) is 11.5. The fourth-order valence-corrected chi connectivity index (χ4v) is 6.97. The predicted molar refractivity (Wildman–Crippen MR) is 181 cm³/mol. The quantitative estimate of drug-likeness (QED) is 0.188. The molecule has 0 N–H and O–H groups in total. The number of methoxy groups -OCH3 is 2. The number of hydrogen-bond donors (Lipinski definition) is 0. The molecule has 1 unspecified atom stereocenters. The minimum Gasteiger partial charge on any atom is -0.496 e. The summed E-state index contributed by atoms with van der Waals surface area (Å²) in [4.78, 5) is 4.01. The van der Waals surface area contributed by atoms with Crippen LogP contribution in [0.3, 0.4) is 0 Å². The first kappa shape index (κ1) is 28.7.